The van der Waals surface area contributed by atoms with Crippen LogP contribution in [0, 0.1) is 0 Å². The molecule has 2 aromatic heterocycles. The van der Waals surface area contributed by atoms with Gasteiger partial charge in [0.05, 0.1) is 6.54 Å². The summed E-state index contributed by atoms with van der Waals surface area (Å²) in [5.74, 6) is 0.518. The van der Waals surface area contributed by atoms with Gasteiger partial charge in [-0.2, -0.15) is 0 Å². The largest absolute Gasteiger partial charge is 0.369 e. The average molecular weight is 253 g/mol. The molecule has 0 radical (unpaired) electrons. The number of halogens is 1. The molecule has 2 heterocycles. The van der Waals surface area contributed by atoms with E-state index in [2.05, 4.69) is 25.9 Å². The van der Waals surface area contributed by atoms with Gasteiger partial charge in [-0.05, 0) is 27.6 Å². The van der Waals surface area contributed by atoms with E-state index in [-0.39, 0.29) is 0 Å². The topological polar surface area (TPSA) is 56.7 Å². The standard InChI is InChI=1S/C9H9BrN4/c10-8-3-7(4-12-5-8)6-14-2-1-13-9(14)11/h1-5H,6H2,(H2,11,13). The van der Waals surface area contributed by atoms with Crippen molar-refractivity contribution in [2.45, 2.75) is 6.54 Å². The smallest absolute Gasteiger partial charge is 0.200 e. The molecule has 0 saturated heterocycles. The Labute approximate surface area is 89.9 Å². The van der Waals surface area contributed by atoms with Gasteiger partial charge in [0.2, 0.25) is 0 Å². The number of nitrogens with zero attached hydrogens (tertiary/aromatic N) is 3. The van der Waals surface area contributed by atoms with E-state index < -0.39 is 0 Å². The second kappa shape index (κ2) is 3.79. The van der Waals surface area contributed by atoms with Crippen LogP contribution in [0.1, 0.15) is 5.56 Å². The molecule has 0 atom stereocenters. The molecule has 0 fully saturated rings. The summed E-state index contributed by atoms with van der Waals surface area (Å²) in [7, 11) is 0. The summed E-state index contributed by atoms with van der Waals surface area (Å²) in [6.07, 6.45) is 7.09. The van der Waals surface area contributed by atoms with Crippen LogP contribution in [0.4, 0.5) is 5.95 Å². The van der Waals surface area contributed by atoms with E-state index in [9.17, 15) is 0 Å². The Kier molecular flexibility index (Phi) is 2.49. The van der Waals surface area contributed by atoms with E-state index in [1.807, 2.05) is 23.0 Å². The molecule has 4 nitrogen and oxygen atoms in total. The fourth-order valence-electron chi connectivity index (χ4n) is 1.21. The number of rotatable bonds is 2. The molecule has 5 heteroatoms. The van der Waals surface area contributed by atoms with Crippen LogP contribution in [0.25, 0.3) is 0 Å². The minimum Gasteiger partial charge on any atom is -0.369 e. The summed E-state index contributed by atoms with van der Waals surface area (Å²) < 4.78 is 2.83. The van der Waals surface area contributed by atoms with Gasteiger partial charge in [0.25, 0.3) is 0 Å². The second-order valence-corrected chi connectivity index (χ2v) is 3.84. The predicted octanol–water partition coefficient (Wildman–Crippen LogP) is 1.67. The highest BCUT2D eigenvalue weighted by atomic mass is 79.9. The molecule has 0 unspecified atom stereocenters. The number of nitrogen functional groups attached to an aromatic ring is 1. The van der Waals surface area contributed by atoms with Crippen LogP contribution in [-0.4, -0.2) is 14.5 Å². The van der Waals surface area contributed by atoms with E-state index >= 15 is 0 Å². The van der Waals surface area contributed by atoms with Crippen LogP contribution in [-0.2, 0) is 6.54 Å². The maximum atomic E-state index is 5.65. The van der Waals surface area contributed by atoms with Gasteiger partial charge in [-0.15, -0.1) is 0 Å². The van der Waals surface area contributed by atoms with Crippen molar-refractivity contribution in [1.82, 2.24) is 14.5 Å². The Hall–Kier alpha value is -1.36. The Bertz CT molecular complexity index is 438. The predicted molar refractivity (Wildman–Crippen MR) is 57.7 cm³/mol. The molecule has 2 rings (SSSR count). The van der Waals surface area contributed by atoms with Gasteiger partial charge in [0.1, 0.15) is 0 Å². The molecule has 0 amide bonds. The van der Waals surface area contributed by atoms with Crippen molar-refractivity contribution >= 4 is 21.9 Å². The number of aromatic nitrogens is 3. The average Bonchev–Trinajstić information content (AvgIpc) is 2.52. The lowest BCUT2D eigenvalue weighted by Gasteiger charge is -2.04. The van der Waals surface area contributed by atoms with Crippen molar-refractivity contribution in [1.29, 1.82) is 0 Å². The fraction of sp³-hybridized carbons (Fsp3) is 0.111. The number of hydrogen-bond donors (Lipinski definition) is 1. The minimum atomic E-state index is 0.518. The van der Waals surface area contributed by atoms with E-state index in [1.165, 1.54) is 0 Å². The Morgan fingerprint density at radius 2 is 2.29 bits per heavy atom. The summed E-state index contributed by atoms with van der Waals surface area (Å²) in [6.45, 7) is 0.693. The van der Waals surface area contributed by atoms with Gasteiger partial charge in [-0.1, -0.05) is 0 Å². The second-order valence-electron chi connectivity index (χ2n) is 2.92. The molecule has 72 valence electrons. The van der Waals surface area contributed by atoms with Crippen molar-refractivity contribution < 1.29 is 0 Å². The highest BCUT2D eigenvalue weighted by Gasteiger charge is 1.99. The van der Waals surface area contributed by atoms with Gasteiger partial charge in [0, 0.05) is 29.3 Å². The van der Waals surface area contributed by atoms with Crippen molar-refractivity contribution in [2.24, 2.45) is 0 Å². The Balaban J connectivity index is 2.23. The number of anilines is 1. The first-order valence-corrected chi connectivity index (χ1v) is 4.91. The fourth-order valence-corrected chi connectivity index (χ4v) is 1.63. The molecule has 0 aliphatic carbocycles. The van der Waals surface area contributed by atoms with Crippen molar-refractivity contribution in [3.8, 4) is 0 Å². The van der Waals surface area contributed by atoms with Crippen molar-refractivity contribution in [3.63, 3.8) is 0 Å². The Morgan fingerprint density at radius 3 is 2.93 bits per heavy atom. The summed E-state index contributed by atoms with van der Waals surface area (Å²) in [5.41, 5.74) is 6.73. The van der Waals surface area contributed by atoms with Gasteiger partial charge >= 0.3 is 0 Å². The summed E-state index contributed by atoms with van der Waals surface area (Å²) in [5, 5.41) is 0. The van der Waals surface area contributed by atoms with E-state index in [0.29, 0.717) is 12.5 Å². The lowest BCUT2D eigenvalue weighted by atomic mass is 10.3. The van der Waals surface area contributed by atoms with Gasteiger partial charge in [0.15, 0.2) is 5.95 Å². The van der Waals surface area contributed by atoms with Gasteiger partial charge in [-0.3, -0.25) is 4.98 Å². The first-order valence-electron chi connectivity index (χ1n) is 4.12. The van der Waals surface area contributed by atoms with Crippen LogP contribution >= 0.6 is 15.9 Å². The normalized spacial score (nSPS) is 10.4. The zero-order chi connectivity index (χ0) is 9.97. The van der Waals surface area contributed by atoms with Crippen LogP contribution in [0.3, 0.4) is 0 Å². The quantitative estimate of drug-likeness (QED) is 0.885. The zero-order valence-electron chi connectivity index (χ0n) is 7.39. The number of pyridine rings is 1. The summed E-state index contributed by atoms with van der Waals surface area (Å²) in [6, 6.07) is 2.01. The maximum absolute atomic E-state index is 5.65. The molecule has 0 spiro atoms. The molecule has 0 bridgehead atoms. The Morgan fingerprint density at radius 1 is 1.43 bits per heavy atom. The third-order valence-corrected chi connectivity index (χ3v) is 2.30. The summed E-state index contributed by atoms with van der Waals surface area (Å²) >= 11 is 3.37. The molecular weight excluding hydrogens is 244 g/mol. The first kappa shape index (κ1) is 9.21. The highest BCUT2D eigenvalue weighted by molar-refractivity contribution is 9.10. The van der Waals surface area contributed by atoms with Crippen LogP contribution in [0.5, 0.6) is 0 Å². The number of hydrogen-bond acceptors (Lipinski definition) is 3. The molecular formula is C9H9BrN4. The van der Waals surface area contributed by atoms with Gasteiger partial charge < -0.3 is 10.3 Å². The minimum absolute atomic E-state index is 0.518. The third kappa shape index (κ3) is 1.93. The highest BCUT2D eigenvalue weighted by Crippen LogP contribution is 2.11. The third-order valence-electron chi connectivity index (χ3n) is 1.86. The SMILES string of the molecule is Nc1nccn1Cc1cncc(Br)c1. The van der Waals surface area contributed by atoms with Crippen molar-refractivity contribution in [2.75, 3.05) is 5.73 Å². The molecule has 14 heavy (non-hydrogen) atoms. The molecule has 2 N–H and O–H groups in total. The maximum Gasteiger partial charge on any atom is 0.200 e. The van der Waals surface area contributed by atoms with Crippen molar-refractivity contribution in [3.05, 3.63) is 40.9 Å². The van der Waals surface area contributed by atoms with E-state index in [1.54, 1.807) is 12.4 Å². The molecule has 0 aromatic carbocycles. The number of nitrogens with two attached hydrogens (primary N) is 1. The van der Waals surface area contributed by atoms with Crippen LogP contribution < -0.4 is 5.73 Å². The molecule has 0 aliphatic heterocycles. The summed E-state index contributed by atoms with van der Waals surface area (Å²) in [4.78, 5) is 8.02. The van der Waals surface area contributed by atoms with Crippen LogP contribution in [0.2, 0.25) is 0 Å². The van der Waals surface area contributed by atoms with Gasteiger partial charge in [-0.25, -0.2) is 4.98 Å². The molecule has 0 aliphatic rings. The molecule has 0 saturated carbocycles. The zero-order valence-corrected chi connectivity index (χ0v) is 8.98. The monoisotopic (exact) mass is 252 g/mol. The van der Waals surface area contributed by atoms with Crippen LogP contribution in [0.15, 0.2) is 35.3 Å². The van der Waals surface area contributed by atoms with E-state index in [4.69, 9.17) is 5.73 Å². The lowest BCUT2D eigenvalue weighted by molar-refractivity contribution is 0.806. The molecule has 2 aromatic rings. The number of imidazole rings is 1. The lowest BCUT2D eigenvalue weighted by Crippen LogP contribution is -2.03. The van der Waals surface area contributed by atoms with E-state index in [0.717, 1.165) is 10.0 Å². The first-order chi connectivity index (χ1) is 6.75.